The molecular weight excluding hydrogens is 489 g/mol. The van der Waals surface area contributed by atoms with Crippen LogP contribution >= 0.6 is 0 Å². The summed E-state index contributed by atoms with van der Waals surface area (Å²) in [4.78, 5) is 15.1. The van der Waals surface area contributed by atoms with Crippen molar-refractivity contribution in [3.05, 3.63) is 66.5 Å². The molecule has 3 aliphatic heterocycles. The van der Waals surface area contributed by atoms with Gasteiger partial charge in [0, 0.05) is 0 Å². The summed E-state index contributed by atoms with van der Waals surface area (Å²) in [6.07, 6.45) is 5.48. The number of carbonyl (C=O) groups is 1. The van der Waals surface area contributed by atoms with Gasteiger partial charge in [-0.2, -0.15) is 0 Å². The van der Waals surface area contributed by atoms with Crippen LogP contribution < -0.4 is 31.8 Å². The molecule has 0 aliphatic carbocycles. The summed E-state index contributed by atoms with van der Waals surface area (Å²) in [5.41, 5.74) is 4.33. The van der Waals surface area contributed by atoms with E-state index >= 15 is 0 Å². The van der Waals surface area contributed by atoms with Crippen molar-refractivity contribution in [2.24, 2.45) is 0 Å². The van der Waals surface area contributed by atoms with Gasteiger partial charge in [-0.05, 0) is 0 Å². The molecule has 6 heteroatoms. The average Bonchev–Trinajstić information content (AvgIpc) is 3.30. The number of allylic oxidation sites excluding steroid dienone is 1. The van der Waals surface area contributed by atoms with E-state index in [4.69, 9.17) is 0 Å². The van der Waals surface area contributed by atoms with E-state index in [-0.39, 0.29) is 45.8 Å². The monoisotopic (exact) mass is 520 g/mol. The molecule has 162 valence electrons. The second-order valence-corrected chi connectivity index (χ2v) is 10.6. The van der Waals surface area contributed by atoms with Crippen molar-refractivity contribution in [3.8, 4) is 0 Å². The predicted octanol–water partition coefficient (Wildman–Crippen LogP) is -0.173. The van der Waals surface area contributed by atoms with Crippen LogP contribution in [0.25, 0.3) is 0 Å². The maximum absolute atomic E-state index is 12.7. The second-order valence-electron chi connectivity index (χ2n) is 8.17. The van der Waals surface area contributed by atoms with Crippen LogP contribution in [0.2, 0.25) is 0 Å². The Labute approximate surface area is 189 Å². The first-order valence-corrected chi connectivity index (χ1v) is 13.2. The molecule has 0 bridgehead atoms. The first-order valence-electron chi connectivity index (χ1n) is 10.9. The number of benzene rings is 1. The topological polar surface area (TPSA) is 64.6 Å². The number of fused-ring (bicyclic) bond motifs is 1. The Bertz CT molecular complexity index is 878. The molecule has 1 aromatic carbocycles. The molecule has 0 radical (unpaired) electrons. The zero-order valence-corrected chi connectivity index (χ0v) is 19.9. The third kappa shape index (κ3) is 4.36. The molecule has 0 aromatic heterocycles. The number of halogens is 1. The summed E-state index contributed by atoms with van der Waals surface area (Å²) >= 11 is -0.376. The molecule has 2 fully saturated rings. The standard InChI is InChI=1S/C24H31IN3O2/c1-3-21(27-22(15-29)17-9-5-4-6-10-17)23-20-14-26-24(30)19(20)12-18(13-25-23)28-11-7-8-16(28)2/h4-6,9-10,12-13,16,21-22,27,29H,3,7-8,11,14-15H2,1-2H3,(H,26,30)/q-1/t16-,21-,22-/m1/s1. The fraction of sp³-hybridized carbons (Fsp3) is 0.458. The number of hydrogen-bond donors (Lipinski definition) is 3. The molecule has 0 saturated carbocycles. The van der Waals surface area contributed by atoms with Gasteiger partial charge in [0.1, 0.15) is 0 Å². The Hall–Kier alpha value is -1.64. The molecule has 4 rings (SSSR count). The fourth-order valence-electron chi connectivity index (χ4n) is 4.52. The van der Waals surface area contributed by atoms with E-state index in [1.807, 2.05) is 18.2 Å². The van der Waals surface area contributed by atoms with E-state index < -0.39 is 0 Å². The molecule has 30 heavy (non-hydrogen) atoms. The molecule has 0 spiro atoms. The van der Waals surface area contributed by atoms with E-state index in [1.165, 1.54) is 27.7 Å². The summed E-state index contributed by atoms with van der Waals surface area (Å²) in [6.45, 7) is 6.20. The number of aliphatic hydroxyl groups excluding tert-OH is 1. The average molecular weight is 520 g/mol. The Morgan fingerprint density at radius 2 is 2.10 bits per heavy atom. The van der Waals surface area contributed by atoms with E-state index in [0.717, 1.165) is 24.1 Å². The Morgan fingerprint density at radius 3 is 2.77 bits per heavy atom. The van der Waals surface area contributed by atoms with Crippen molar-refractivity contribution in [1.29, 1.82) is 0 Å². The van der Waals surface area contributed by atoms with Crippen LogP contribution in [-0.4, -0.2) is 47.7 Å². The van der Waals surface area contributed by atoms with Gasteiger partial charge in [-0.3, -0.25) is 0 Å². The maximum atomic E-state index is 12.7. The minimum atomic E-state index is -0.376. The molecule has 3 N–H and O–H groups in total. The van der Waals surface area contributed by atoms with Crippen molar-refractivity contribution in [3.63, 3.8) is 0 Å². The number of carbonyl (C=O) groups excluding carboxylic acids is 1. The summed E-state index contributed by atoms with van der Waals surface area (Å²) in [6, 6.07) is 10.7. The first kappa shape index (κ1) is 21.6. The quantitative estimate of drug-likeness (QED) is 0.437. The van der Waals surface area contributed by atoms with Gasteiger partial charge in [0.2, 0.25) is 0 Å². The van der Waals surface area contributed by atoms with Gasteiger partial charge in [-0.15, -0.1) is 0 Å². The minimum absolute atomic E-state index is 0.0442. The van der Waals surface area contributed by atoms with Crippen molar-refractivity contribution < 1.29 is 31.1 Å². The van der Waals surface area contributed by atoms with Crippen LogP contribution in [-0.2, 0) is 4.79 Å². The summed E-state index contributed by atoms with van der Waals surface area (Å²) in [7, 11) is 0. The van der Waals surface area contributed by atoms with Crippen molar-refractivity contribution in [2.45, 2.75) is 51.2 Å². The zero-order valence-electron chi connectivity index (χ0n) is 17.7. The molecule has 5 nitrogen and oxygen atoms in total. The second kappa shape index (κ2) is 9.66. The Morgan fingerprint density at radius 1 is 1.30 bits per heavy atom. The molecule has 0 unspecified atom stereocenters. The fourth-order valence-corrected chi connectivity index (χ4v) is 7.63. The van der Waals surface area contributed by atoms with Gasteiger partial charge in [0.05, 0.1) is 0 Å². The number of hydrogen-bond acceptors (Lipinski definition) is 4. The molecule has 1 aromatic rings. The van der Waals surface area contributed by atoms with Gasteiger partial charge in [-0.25, -0.2) is 0 Å². The number of rotatable bonds is 7. The van der Waals surface area contributed by atoms with E-state index in [1.54, 1.807) is 0 Å². The SMILES string of the molecule is CC[C@@H](N[C@H](CO)c1ccccc1)C1=C2CNC(=O)C2=CC(N2CCC[C@H]2C)=C[I-]1. The molecular formula is C24H31IN3O2-. The molecule has 3 atom stereocenters. The predicted molar refractivity (Wildman–Crippen MR) is 115 cm³/mol. The van der Waals surface area contributed by atoms with Crippen molar-refractivity contribution in [1.82, 2.24) is 15.5 Å². The number of amides is 1. The van der Waals surface area contributed by atoms with Gasteiger partial charge < -0.3 is 0 Å². The van der Waals surface area contributed by atoms with Crippen molar-refractivity contribution >= 4 is 5.91 Å². The Kier molecular flexibility index (Phi) is 6.95. The van der Waals surface area contributed by atoms with Gasteiger partial charge in [0.15, 0.2) is 0 Å². The summed E-state index contributed by atoms with van der Waals surface area (Å²) in [5, 5.41) is 16.8. The van der Waals surface area contributed by atoms with Crippen LogP contribution in [0.1, 0.15) is 44.7 Å². The number of nitrogens with one attached hydrogen (secondary N) is 2. The van der Waals surface area contributed by atoms with Crippen LogP contribution in [0.4, 0.5) is 0 Å². The van der Waals surface area contributed by atoms with Gasteiger partial charge in [-0.1, -0.05) is 0 Å². The number of nitrogens with zero attached hydrogens (tertiary/aromatic N) is 1. The molecule has 1 amide bonds. The van der Waals surface area contributed by atoms with Crippen molar-refractivity contribution in [2.75, 3.05) is 19.7 Å². The first-order chi connectivity index (χ1) is 14.6. The molecule has 3 aliphatic rings. The zero-order chi connectivity index (χ0) is 21.1. The van der Waals surface area contributed by atoms with E-state index in [0.29, 0.717) is 12.6 Å². The van der Waals surface area contributed by atoms with Crippen LogP contribution in [0.5, 0.6) is 0 Å². The number of aliphatic hydroxyl groups is 1. The normalized spacial score (nSPS) is 23.8. The third-order valence-electron chi connectivity index (χ3n) is 6.25. The summed E-state index contributed by atoms with van der Waals surface area (Å²) < 4.78 is 3.78. The van der Waals surface area contributed by atoms with Crippen LogP contribution in [0.3, 0.4) is 0 Å². The van der Waals surface area contributed by atoms with Gasteiger partial charge >= 0.3 is 190 Å². The number of likely N-dealkylation sites (tertiary alicyclic amines) is 1. The Balaban J connectivity index is 1.64. The summed E-state index contributed by atoms with van der Waals surface area (Å²) in [5.74, 6) is 0.0442. The van der Waals surface area contributed by atoms with E-state index in [2.05, 4.69) is 51.7 Å². The third-order valence-corrected chi connectivity index (χ3v) is 9.27. The van der Waals surface area contributed by atoms with Crippen LogP contribution in [0.15, 0.2) is 60.9 Å². The van der Waals surface area contributed by atoms with E-state index in [9.17, 15) is 9.90 Å². The molecule has 3 heterocycles. The molecule has 2 saturated heterocycles. The van der Waals surface area contributed by atoms with Crippen LogP contribution in [0, 0.1) is 0 Å². The van der Waals surface area contributed by atoms with Gasteiger partial charge in [0.25, 0.3) is 0 Å².